The third-order valence-corrected chi connectivity index (χ3v) is 3.86. The van der Waals surface area contributed by atoms with Crippen molar-refractivity contribution in [1.29, 1.82) is 0 Å². The van der Waals surface area contributed by atoms with Crippen molar-refractivity contribution in [3.63, 3.8) is 0 Å². The average molecular weight is 259 g/mol. The van der Waals surface area contributed by atoms with Gasteiger partial charge in [0.05, 0.1) is 19.3 Å². The Bertz CT molecular complexity index is 526. The van der Waals surface area contributed by atoms with Gasteiger partial charge in [0.25, 0.3) is 0 Å². The Kier molecular flexibility index (Phi) is 3.03. The van der Waals surface area contributed by atoms with Crippen LogP contribution in [0.15, 0.2) is 23.2 Å². The lowest BCUT2D eigenvalue weighted by molar-refractivity contribution is 0.280. The highest BCUT2D eigenvalue weighted by Gasteiger charge is 2.45. The predicted octanol–water partition coefficient (Wildman–Crippen LogP) is 2.81. The molecule has 2 fully saturated rings. The Labute approximate surface area is 112 Å². The standard InChI is InChI=1S/C15H17NO3/c1-18-13-5-4-12(15(6-7-15)16-10-17)8-14(13)19-9-11-2-3-11/h4-5,8,11H,2-3,6-7,9H2,1H3. The minimum atomic E-state index is -0.355. The summed E-state index contributed by atoms with van der Waals surface area (Å²) in [7, 11) is 1.63. The summed E-state index contributed by atoms with van der Waals surface area (Å²) < 4.78 is 11.1. The van der Waals surface area contributed by atoms with Crippen LogP contribution < -0.4 is 9.47 Å². The first-order valence-electron chi connectivity index (χ1n) is 6.68. The molecule has 0 atom stereocenters. The van der Waals surface area contributed by atoms with Crippen LogP contribution in [0.1, 0.15) is 31.2 Å². The van der Waals surface area contributed by atoms with Crippen LogP contribution in [0.3, 0.4) is 0 Å². The Morgan fingerprint density at radius 2 is 2.16 bits per heavy atom. The maximum Gasteiger partial charge on any atom is 0.235 e. The third kappa shape index (κ3) is 2.49. The molecular formula is C15H17NO3. The van der Waals surface area contributed by atoms with Gasteiger partial charge in [-0.15, -0.1) is 0 Å². The molecule has 1 aromatic carbocycles. The summed E-state index contributed by atoms with van der Waals surface area (Å²) in [5, 5.41) is 0. The largest absolute Gasteiger partial charge is 0.493 e. The second-order valence-electron chi connectivity index (χ2n) is 5.35. The summed E-state index contributed by atoms with van der Waals surface area (Å²) in [6, 6.07) is 5.80. The zero-order chi connectivity index (χ0) is 13.3. The number of isocyanates is 1. The lowest BCUT2D eigenvalue weighted by Crippen LogP contribution is -2.05. The minimum absolute atomic E-state index is 0.355. The van der Waals surface area contributed by atoms with E-state index in [0.29, 0.717) is 5.92 Å². The smallest absolute Gasteiger partial charge is 0.235 e. The van der Waals surface area contributed by atoms with Gasteiger partial charge < -0.3 is 9.47 Å². The quantitative estimate of drug-likeness (QED) is 0.583. The van der Waals surface area contributed by atoms with E-state index in [4.69, 9.17) is 9.47 Å². The fourth-order valence-electron chi connectivity index (χ4n) is 2.24. The highest BCUT2D eigenvalue weighted by Crippen LogP contribution is 2.50. The summed E-state index contributed by atoms with van der Waals surface area (Å²) >= 11 is 0. The molecule has 100 valence electrons. The van der Waals surface area contributed by atoms with Crippen molar-refractivity contribution in [2.24, 2.45) is 10.9 Å². The van der Waals surface area contributed by atoms with Crippen LogP contribution in [0.5, 0.6) is 11.5 Å². The molecule has 0 amide bonds. The van der Waals surface area contributed by atoms with Crippen molar-refractivity contribution in [3.8, 4) is 11.5 Å². The Morgan fingerprint density at radius 3 is 2.74 bits per heavy atom. The van der Waals surface area contributed by atoms with Crippen molar-refractivity contribution in [2.75, 3.05) is 13.7 Å². The van der Waals surface area contributed by atoms with Crippen molar-refractivity contribution in [3.05, 3.63) is 23.8 Å². The van der Waals surface area contributed by atoms with E-state index < -0.39 is 0 Å². The first-order valence-corrected chi connectivity index (χ1v) is 6.68. The molecule has 19 heavy (non-hydrogen) atoms. The van der Waals surface area contributed by atoms with Crippen LogP contribution in [-0.2, 0) is 10.3 Å². The summed E-state index contributed by atoms with van der Waals surface area (Å²) in [4.78, 5) is 14.5. The summed E-state index contributed by atoms with van der Waals surface area (Å²) in [6.07, 6.45) is 5.98. The lowest BCUT2D eigenvalue weighted by atomic mass is 10.0. The molecule has 4 nitrogen and oxygen atoms in total. The van der Waals surface area contributed by atoms with Crippen LogP contribution in [-0.4, -0.2) is 19.8 Å². The van der Waals surface area contributed by atoms with Gasteiger partial charge in [-0.05, 0) is 49.3 Å². The molecule has 2 saturated carbocycles. The molecule has 0 bridgehead atoms. The zero-order valence-corrected chi connectivity index (χ0v) is 11.0. The monoisotopic (exact) mass is 259 g/mol. The molecule has 0 unspecified atom stereocenters. The second kappa shape index (κ2) is 4.71. The fraction of sp³-hybridized carbons (Fsp3) is 0.533. The van der Waals surface area contributed by atoms with E-state index >= 15 is 0 Å². The van der Waals surface area contributed by atoms with Crippen molar-refractivity contribution >= 4 is 6.08 Å². The number of benzene rings is 1. The topological polar surface area (TPSA) is 47.9 Å². The molecule has 4 heteroatoms. The molecule has 0 heterocycles. The lowest BCUT2D eigenvalue weighted by Gasteiger charge is -2.14. The number of nitrogens with zero attached hydrogens (tertiary/aromatic N) is 1. The molecule has 0 radical (unpaired) electrons. The molecule has 2 aliphatic carbocycles. The van der Waals surface area contributed by atoms with Gasteiger partial charge in [0.15, 0.2) is 11.5 Å². The number of hydrogen-bond acceptors (Lipinski definition) is 4. The fourth-order valence-corrected chi connectivity index (χ4v) is 2.24. The van der Waals surface area contributed by atoms with Gasteiger partial charge in [-0.3, -0.25) is 0 Å². The van der Waals surface area contributed by atoms with Crippen LogP contribution in [0.4, 0.5) is 0 Å². The first kappa shape index (κ1) is 12.2. The highest BCUT2D eigenvalue weighted by molar-refractivity contribution is 5.48. The Balaban J connectivity index is 1.85. The van der Waals surface area contributed by atoms with Gasteiger partial charge in [0.2, 0.25) is 6.08 Å². The van der Waals surface area contributed by atoms with Crippen molar-refractivity contribution in [2.45, 2.75) is 31.2 Å². The molecule has 0 N–H and O–H groups in total. The summed E-state index contributed by atoms with van der Waals surface area (Å²) in [6.45, 7) is 0.740. The van der Waals surface area contributed by atoms with Gasteiger partial charge in [-0.1, -0.05) is 6.07 Å². The highest BCUT2D eigenvalue weighted by atomic mass is 16.5. The van der Waals surface area contributed by atoms with Crippen LogP contribution in [0, 0.1) is 5.92 Å². The zero-order valence-electron chi connectivity index (χ0n) is 11.0. The van der Waals surface area contributed by atoms with E-state index in [1.807, 2.05) is 18.2 Å². The van der Waals surface area contributed by atoms with Crippen molar-refractivity contribution < 1.29 is 14.3 Å². The number of methoxy groups -OCH3 is 1. The van der Waals surface area contributed by atoms with Gasteiger partial charge in [0.1, 0.15) is 0 Å². The Morgan fingerprint density at radius 1 is 1.37 bits per heavy atom. The molecule has 0 aromatic heterocycles. The Hall–Kier alpha value is -1.80. The number of aliphatic imine (C=N–C) groups is 1. The van der Waals surface area contributed by atoms with E-state index in [1.165, 1.54) is 12.8 Å². The maximum atomic E-state index is 10.5. The molecule has 0 saturated heterocycles. The third-order valence-electron chi connectivity index (χ3n) is 3.86. The number of ether oxygens (including phenoxy) is 2. The van der Waals surface area contributed by atoms with Gasteiger partial charge in [-0.2, -0.15) is 4.99 Å². The number of rotatable bonds is 6. The van der Waals surface area contributed by atoms with Crippen LogP contribution in [0.2, 0.25) is 0 Å². The van der Waals surface area contributed by atoms with E-state index in [0.717, 1.165) is 36.5 Å². The van der Waals surface area contributed by atoms with Crippen LogP contribution >= 0.6 is 0 Å². The first-order chi connectivity index (χ1) is 9.27. The van der Waals surface area contributed by atoms with Crippen LogP contribution in [0.25, 0.3) is 0 Å². The average Bonchev–Trinajstić information content (AvgIpc) is 3.32. The van der Waals surface area contributed by atoms with Gasteiger partial charge >= 0.3 is 0 Å². The molecule has 3 rings (SSSR count). The van der Waals surface area contributed by atoms with Gasteiger partial charge in [0, 0.05) is 0 Å². The molecular weight excluding hydrogens is 242 g/mol. The molecule has 0 spiro atoms. The summed E-state index contributed by atoms with van der Waals surface area (Å²) in [5.74, 6) is 2.17. The molecule has 2 aliphatic rings. The molecule has 0 aliphatic heterocycles. The molecule has 1 aromatic rings. The minimum Gasteiger partial charge on any atom is -0.493 e. The number of hydrogen-bond donors (Lipinski definition) is 0. The maximum absolute atomic E-state index is 10.5. The van der Waals surface area contributed by atoms with E-state index in [2.05, 4.69) is 4.99 Å². The second-order valence-corrected chi connectivity index (χ2v) is 5.35. The van der Waals surface area contributed by atoms with E-state index in [-0.39, 0.29) is 5.54 Å². The normalized spacial score (nSPS) is 19.4. The van der Waals surface area contributed by atoms with Gasteiger partial charge in [-0.25, -0.2) is 4.79 Å². The number of carbonyl (C=O) groups excluding carboxylic acids is 1. The van der Waals surface area contributed by atoms with E-state index in [9.17, 15) is 4.79 Å². The van der Waals surface area contributed by atoms with Crippen molar-refractivity contribution in [1.82, 2.24) is 0 Å². The van der Waals surface area contributed by atoms with E-state index in [1.54, 1.807) is 13.2 Å². The SMILES string of the molecule is COc1ccc(C2(N=C=O)CC2)cc1OCC1CC1. The predicted molar refractivity (Wildman–Crippen MR) is 70.2 cm³/mol. The summed E-state index contributed by atoms with van der Waals surface area (Å²) in [5.41, 5.74) is 0.661.